The molecule has 2 heterocycles. The standard InChI is InChI=1S/C38H43N5O6S/c1-40-22-20-31(21-23-40)41-24-26-42(27-25-41)38(46)36(28-29-12-16-33(44)17-13-29)39-37(45)30-14-18-35(19-15-30)50(47,48)43(32-8-4-2-5-9-32)49-34-10-6-3-7-11-34/h2-19,31,36,44H,20-28H2,1H3,(H,39,45). The molecule has 0 aromatic heterocycles. The van der Waals surface area contributed by atoms with Gasteiger partial charge in [-0.15, -0.1) is 0 Å². The molecule has 50 heavy (non-hydrogen) atoms. The molecular formula is C38H43N5O6S. The van der Waals surface area contributed by atoms with E-state index in [-0.39, 0.29) is 28.5 Å². The molecule has 0 aliphatic carbocycles. The molecule has 2 aliphatic rings. The van der Waals surface area contributed by atoms with E-state index in [1.165, 1.54) is 24.3 Å². The molecule has 0 saturated carbocycles. The van der Waals surface area contributed by atoms with E-state index in [9.17, 15) is 23.1 Å². The van der Waals surface area contributed by atoms with Crippen molar-refractivity contribution in [2.45, 2.75) is 36.2 Å². The van der Waals surface area contributed by atoms with Crippen molar-refractivity contribution in [3.8, 4) is 11.5 Å². The van der Waals surface area contributed by atoms with Crippen LogP contribution in [0.4, 0.5) is 5.69 Å². The van der Waals surface area contributed by atoms with Crippen LogP contribution in [0.5, 0.6) is 11.5 Å². The number of nitrogens with one attached hydrogen (secondary N) is 1. The molecule has 262 valence electrons. The molecule has 2 aliphatic heterocycles. The first-order valence-electron chi connectivity index (χ1n) is 16.9. The number of hydrogen-bond donors (Lipinski definition) is 2. The van der Waals surface area contributed by atoms with Crippen molar-refractivity contribution >= 4 is 27.5 Å². The Hall–Kier alpha value is -4.91. The zero-order valence-electron chi connectivity index (χ0n) is 28.1. The van der Waals surface area contributed by atoms with Gasteiger partial charge in [-0.05, 0) is 99.2 Å². The summed E-state index contributed by atoms with van der Waals surface area (Å²) in [5, 5.41) is 12.7. The lowest BCUT2D eigenvalue weighted by atomic mass is 10.0. The molecular weight excluding hydrogens is 655 g/mol. The molecule has 4 aromatic carbocycles. The lowest BCUT2D eigenvalue weighted by Crippen LogP contribution is -2.57. The number of carbonyl (C=O) groups excluding carboxylic acids is 2. The topological polar surface area (TPSA) is 123 Å². The Morgan fingerprint density at radius 3 is 2.04 bits per heavy atom. The van der Waals surface area contributed by atoms with Crippen LogP contribution in [0, 0.1) is 0 Å². The van der Waals surface area contributed by atoms with Crippen molar-refractivity contribution in [1.82, 2.24) is 20.0 Å². The molecule has 1 atom stereocenters. The van der Waals surface area contributed by atoms with E-state index >= 15 is 0 Å². The first-order chi connectivity index (χ1) is 24.2. The fourth-order valence-corrected chi connectivity index (χ4v) is 7.69. The van der Waals surface area contributed by atoms with Crippen LogP contribution >= 0.6 is 0 Å². The van der Waals surface area contributed by atoms with E-state index in [0.717, 1.165) is 49.1 Å². The van der Waals surface area contributed by atoms with Gasteiger partial charge in [0.2, 0.25) is 5.91 Å². The first kappa shape index (κ1) is 34.9. The maximum atomic E-state index is 13.9. The normalized spacial score (nSPS) is 16.8. The van der Waals surface area contributed by atoms with Gasteiger partial charge in [0.05, 0.1) is 10.6 Å². The summed E-state index contributed by atoms with van der Waals surface area (Å²) < 4.78 is 28.6. The van der Waals surface area contributed by atoms with E-state index in [2.05, 4.69) is 22.2 Å². The second-order valence-electron chi connectivity index (χ2n) is 12.8. The fraction of sp³-hybridized carbons (Fsp3) is 0.316. The molecule has 2 N–H and O–H groups in total. The summed E-state index contributed by atoms with van der Waals surface area (Å²) >= 11 is 0. The molecule has 2 saturated heterocycles. The number of para-hydroxylation sites is 2. The largest absolute Gasteiger partial charge is 0.508 e. The molecule has 12 heteroatoms. The van der Waals surface area contributed by atoms with Crippen molar-refractivity contribution in [3.63, 3.8) is 0 Å². The molecule has 6 rings (SSSR count). The fourth-order valence-electron chi connectivity index (χ4n) is 6.44. The molecule has 2 fully saturated rings. The average molecular weight is 698 g/mol. The van der Waals surface area contributed by atoms with Crippen molar-refractivity contribution in [1.29, 1.82) is 0 Å². The number of benzene rings is 4. The minimum absolute atomic E-state index is 0.0759. The number of piperazine rings is 1. The number of hydrogen-bond acceptors (Lipinski definition) is 8. The Kier molecular flexibility index (Phi) is 11.0. The number of rotatable bonds is 11. The van der Waals surface area contributed by atoms with Gasteiger partial charge in [-0.1, -0.05) is 53.0 Å². The zero-order valence-corrected chi connectivity index (χ0v) is 28.9. The Morgan fingerprint density at radius 2 is 1.42 bits per heavy atom. The number of anilines is 1. The van der Waals surface area contributed by atoms with Gasteiger partial charge >= 0.3 is 0 Å². The van der Waals surface area contributed by atoms with Gasteiger partial charge in [0.25, 0.3) is 15.9 Å². The number of aromatic hydroxyl groups is 1. The van der Waals surface area contributed by atoms with Crippen LogP contribution in [0.15, 0.2) is 114 Å². The summed E-state index contributed by atoms with van der Waals surface area (Å²) in [6, 6.07) is 28.9. The third kappa shape index (κ3) is 8.44. The number of nitrogens with zero attached hydrogens (tertiary/aromatic N) is 4. The van der Waals surface area contributed by atoms with Crippen molar-refractivity contribution in [2.24, 2.45) is 0 Å². The maximum absolute atomic E-state index is 13.9. The van der Waals surface area contributed by atoms with E-state index in [4.69, 9.17) is 4.84 Å². The molecule has 2 amide bonds. The van der Waals surface area contributed by atoms with Gasteiger partial charge in [-0.2, -0.15) is 8.42 Å². The highest BCUT2D eigenvalue weighted by Gasteiger charge is 2.33. The Labute approximate surface area is 293 Å². The van der Waals surface area contributed by atoms with E-state index in [0.29, 0.717) is 30.6 Å². The predicted octanol–water partition coefficient (Wildman–Crippen LogP) is 4.16. The lowest BCUT2D eigenvalue weighted by molar-refractivity contribution is -0.135. The summed E-state index contributed by atoms with van der Waals surface area (Å²) in [6.07, 6.45) is 2.47. The number of amides is 2. The number of piperidine rings is 1. The van der Waals surface area contributed by atoms with E-state index < -0.39 is 22.0 Å². The number of sulfonamides is 1. The van der Waals surface area contributed by atoms with Crippen LogP contribution in [0.3, 0.4) is 0 Å². The Balaban J connectivity index is 1.17. The van der Waals surface area contributed by atoms with Gasteiger partial charge < -0.3 is 25.1 Å². The number of phenols is 1. The molecule has 4 aromatic rings. The summed E-state index contributed by atoms with van der Waals surface area (Å²) in [5.74, 6) is -0.231. The Morgan fingerprint density at radius 1 is 0.820 bits per heavy atom. The van der Waals surface area contributed by atoms with Gasteiger partial charge in [-0.3, -0.25) is 14.5 Å². The van der Waals surface area contributed by atoms with Gasteiger partial charge in [0.15, 0.2) is 5.75 Å². The zero-order chi connectivity index (χ0) is 35.1. The van der Waals surface area contributed by atoms with E-state index in [1.807, 2.05) is 4.90 Å². The maximum Gasteiger partial charge on any atom is 0.295 e. The lowest BCUT2D eigenvalue weighted by Gasteiger charge is -2.42. The molecule has 1 unspecified atom stereocenters. The molecule has 0 radical (unpaired) electrons. The highest BCUT2D eigenvalue weighted by atomic mass is 32.2. The third-order valence-electron chi connectivity index (χ3n) is 9.34. The van der Waals surface area contributed by atoms with Gasteiger partial charge in [-0.25, -0.2) is 0 Å². The molecule has 0 bridgehead atoms. The first-order valence-corrected chi connectivity index (χ1v) is 18.3. The summed E-state index contributed by atoms with van der Waals surface area (Å²) in [6.45, 7) is 4.85. The van der Waals surface area contributed by atoms with Crippen LogP contribution in [0.2, 0.25) is 0 Å². The Bertz CT molecular complexity index is 1830. The van der Waals surface area contributed by atoms with Crippen molar-refractivity contribution < 1.29 is 28.0 Å². The minimum atomic E-state index is -4.21. The summed E-state index contributed by atoms with van der Waals surface area (Å²) in [4.78, 5) is 40.0. The summed E-state index contributed by atoms with van der Waals surface area (Å²) in [7, 11) is -2.07. The van der Waals surface area contributed by atoms with Crippen molar-refractivity contribution in [2.75, 3.05) is 50.8 Å². The highest BCUT2D eigenvalue weighted by Crippen LogP contribution is 2.26. The SMILES string of the molecule is CN1CCC(N2CCN(C(=O)C(Cc3ccc(O)cc3)NC(=O)c3ccc(S(=O)(=O)N(Oc4ccccc4)c4ccccc4)cc3)CC2)CC1. The second kappa shape index (κ2) is 15.8. The molecule has 0 spiro atoms. The van der Waals surface area contributed by atoms with Crippen molar-refractivity contribution in [3.05, 3.63) is 120 Å². The van der Waals surface area contributed by atoms with Gasteiger partial charge in [0.1, 0.15) is 11.8 Å². The summed E-state index contributed by atoms with van der Waals surface area (Å²) in [5.41, 5.74) is 1.29. The minimum Gasteiger partial charge on any atom is -0.508 e. The molecule has 11 nitrogen and oxygen atoms in total. The van der Waals surface area contributed by atoms with Crippen LogP contribution in [-0.2, 0) is 21.2 Å². The smallest absolute Gasteiger partial charge is 0.295 e. The second-order valence-corrected chi connectivity index (χ2v) is 14.5. The van der Waals surface area contributed by atoms with E-state index in [1.54, 1.807) is 84.9 Å². The van der Waals surface area contributed by atoms with Crippen LogP contribution in [0.1, 0.15) is 28.8 Å². The average Bonchev–Trinajstić information content (AvgIpc) is 3.15. The third-order valence-corrected chi connectivity index (χ3v) is 10.9. The number of carbonyl (C=O) groups is 2. The highest BCUT2D eigenvalue weighted by molar-refractivity contribution is 7.92. The van der Waals surface area contributed by atoms with Crippen LogP contribution < -0.4 is 14.6 Å². The quantitative estimate of drug-likeness (QED) is 0.224. The van der Waals surface area contributed by atoms with Crippen LogP contribution in [-0.4, -0.2) is 98.4 Å². The van der Waals surface area contributed by atoms with Crippen LogP contribution in [0.25, 0.3) is 0 Å². The number of likely N-dealkylation sites (tertiary alicyclic amines) is 1. The number of phenolic OH excluding ortho intramolecular Hbond substituents is 1. The predicted molar refractivity (Wildman–Crippen MR) is 191 cm³/mol. The van der Waals surface area contributed by atoms with Gasteiger partial charge in [0, 0.05) is 44.2 Å². The monoisotopic (exact) mass is 697 g/mol.